The maximum atomic E-state index is 12.4. The fourth-order valence-corrected chi connectivity index (χ4v) is 6.78. The maximum absolute atomic E-state index is 12.4. The van der Waals surface area contributed by atoms with Gasteiger partial charge in [0.2, 0.25) is 0 Å². The van der Waals surface area contributed by atoms with Crippen LogP contribution in [-0.2, 0) is 4.57 Å². The van der Waals surface area contributed by atoms with Crippen molar-refractivity contribution >= 4 is 7.14 Å². The molecule has 0 aromatic rings. The Labute approximate surface area is 205 Å². The lowest BCUT2D eigenvalue weighted by atomic mass is 10.0. The smallest absolute Gasteiger partial charge is 0.0872 e. The lowest BCUT2D eigenvalue weighted by Gasteiger charge is -2.13. The largest absolute Gasteiger partial charge is 0.324 e. The molecule has 0 aromatic heterocycles. The zero-order valence-corrected chi connectivity index (χ0v) is 23.8. The van der Waals surface area contributed by atoms with Crippen LogP contribution in [-0.4, -0.2) is 18.5 Å². The van der Waals surface area contributed by atoms with E-state index in [1.807, 2.05) is 0 Å². The third-order valence-electron chi connectivity index (χ3n) is 7.57. The molecule has 0 rings (SSSR count). The molecule has 0 unspecified atom stereocenters. The van der Waals surface area contributed by atoms with E-state index in [0.29, 0.717) is 0 Å². The van der Waals surface area contributed by atoms with E-state index >= 15 is 0 Å². The van der Waals surface area contributed by atoms with Gasteiger partial charge in [-0.1, -0.05) is 168 Å². The number of unbranched alkanes of at least 4 members (excludes halogenated alkanes) is 23. The number of hydrogen-bond acceptors (Lipinski definition) is 1. The molecule has 0 amide bonds. The minimum atomic E-state index is -1.78. The summed E-state index contributed by atoms with van der Waals surface area (Å²) in [7, 11) is -1.78. The first-order valence-electron chi connectivity index (χ1n) is 15.3. The summed E-state index contributed by atoms with van der Waals surface area (Å²) < 4.78 is 12.4. The van der Waals surface area contributed by atoms with E-state index in [4.69, 9.17) is 0 Å². The highest BCUT2D eigenvalue weighted by Crippen LogP contribution is 2.45. The Morgan fingerprint density at radius 2 is 0.562 bits per heavy atom. The van der Waals surface area contributed by atoms with Crippen LogP contribution in [0, 0.1) is 0 Å². The van der Waals surface area contributed by atoms with E-state index in [-0.39, 0.29) is 0 Å². The van der Waals surface area contributed by atoms with Crippen molar-refractivity contribution in [2.45, 2.75) is 175 Å². The predicted octanol–water partition coefficient (Wildman–Crippen LogP) is 11.8. The molecule has 0 radical (unpaired) electrons. The average Bonchev–Trinajstić information content (AvgIpc) is 2.81. The van der Waals surface area contributed by atoms with Gasteiger partial charge in [-0.25, -0.2) is 0 Å². The average molecular weight is 471 g/mol. The van der Waals surface area contributed by atoms with Gasteiger partial charge in [0.1, 0.15) is 0 Å². The Morgan fingerprint density at radius 3 is 0.781 bits per heavy atom. The molecule has 2 heteroatoms. The van der Waals surface area contributed by atoms with Crippen LogP contribution in [0.15, 0.2) is 0 Å². The second-order valence-electron chi connectivity index (χ2n) is 10.5. The first-order chi connectivity index (χ1) is 15.7. The summed E-state index contributed by atoms with van der Waals surface area (Å²) in [5.41, 5.74) is 0. The second kappa shape index (κ2) is 25.8. The van der Waals surface area contributed by atoms with Gasteiger partial charge in [-0.2, -0.15) is 0 Å². The zero-order chi connectivity index (χ0) is 23.6. The minimum absolute atomic E-state index is 0.906. The number of rotatable bonds is 27. The van der Waals surface area contributed by atoms with Crippen LogP contribution in [0.4, 0.5) is 0 Å². The molecule has 0 N–H and O–H groups in total. The standard InChI is InChI=1S/C30H63OP/c1-4-7-8-9-10-11-12-13-14-15-16-17-18-19-20-21-22-23-24-25-26-27-28-29-30-32(31,5-2)6-3/h4-30H2,1-3H3. The summed E-state index contributed by atoms with van der Waals surface area (Å²) in [6.45, 7) is 6.50. The molecular weight excluding hydrogens is 407 g/mol. The van der Waals surface area contributed by atoms with E-state index < -0.39 is 7.14 Å². The summed E-state index contributed by atoms with van der Waals surface area (Å²) in [6.07, 6.45) is 37.2. The number of hydrogen-bond donors (Lipinski definition) is 0. The molecule has 0 fully saturated rings. The Balaban J connectivity index is 3.10. The highest BCUT2D eigenvalue weighted by molar-refractivity contribution is 7.63. The lowest BCUT2D eigenvalue weighted by Crippen LogP contribution is -1.95. The summed E-state index contributed by atoms with van der Waals surface area (Å²) in [4.78, 5) is 0. The fraction of sp³-hybridized carbons (Fsp3) is 1.00. The molecule has 0 bridgehead atoms. The summed E-state index contributed by atoms with van der Waals surface area (Å²) in [6, 6.07) is 0. The van der Waals surface area contributed by atoms with E-state index in [1.165, 1.54) is 154 Å². The molecule has 0 aliphatic heterocycles. The maximum Gasteiger partial charge on any atom is 0.0872 e. The van der Waals surface area contributed by atoms with Crippen molar-refractivity contribution in [3.8, 4) is 0 Å². The summed E-state index contributed by atoms with van der Waals surface area (Å²) in [5.74, 6) is 0. The van der Waals surface area contributed by atoms with Crippen LogP contribution in [0.2, 0.25) is 0 Å². The Hall–Kier alpha value is 0.230. The second-order valence-corrected chi connectivity index (χ2v) is 14.4. The van der Waals surface area contributed by atoms with Gasteiger partial charge in [0.15, 0.2) is 0 Å². The van der Waals surface area contributed by atoms with Crippen LogP contribution in [0.25, 0.3) is 0 Å². The van der Waals surface area contributed by atoms with Crippen LogP contribution in [0.1, 0.15) is 175 Å². The molecule has 0 heterocycles. The van der Waals surface area contributed by atoms with Crippen molar-refractivity contribution in [1.29, 1.82) is 0 Å². The monoisotopic (exact) mass is 470 g/mol. The highest BCUT2D eigenvalue weighted by Gasteiger charge is 2.15. The molecule has 0 atom stereocenters. The van der Waals surface area contributed by atoms with E-state index in [9.17, 15) is 4.57 Å². The van der Waals surface area contributed by atoms with Crippen molar-refractivity contribution in [1.82, 2.24) is 0 Å². The van der Waals surface area contributed by atoms with Gasteiger partial charge in [0.25, 0.3) is 0 Å². The molecule has 0 aliphatic rings. The highest BCUT2D eigenvalue weighted by atomic mass is 31.2. The molecule has 1 nitrogen and oxygen atoms in total. The van der Waals surface area contributed by atoms with Crippen LogP contribution in [0.5, 0.6) is 0 Å². The van der Waals surface area contributed by atoms with Gasteiger partial charge in [0.05, 0.1) is 7.14 Å². The van der Waals surface area contributed by atoms with Crippen LogP contribution < -0.4 is 0 Å². The van der Waals surface area contributed by atoms with Gasteiger partial charge < -0.3 is 4.57 Å². The Kier molecular flexibility index (Phi) is 26.0. The third-order valence-corrected chi connectivity index (χ3v) is 11.0. The minimum Gasteiger partial charge on any atom is -0.324 e. The van der Waals surface area contributed by atoms with Crippen molar-refractivity contribution in [2.75, 3.05) is 18.5 Å². The first-order valence-corrected chi connectivity index (χ1v) is 17.5. The van der Waals surface area contributed by atoms with Crippen LogP contribution >= 0.6 is 7.14 Å². The summed E-state index contributed by atoms with van der Waals surface area (Å²) in [5, 5.41) is 0. The van der Waals surface area contributed by atoms with Crippen molar-refractivity contribution in [3.63, 3.8) is 0 Å². The topological polar surface area (TPSA) is 17.1 Å². The first kappa shape index (κ1) is 32.2. The molecule has 194 valence electrons. The lowest BCUT2D eigenvalue weighted by molar-refractivity contribution is 0.517. The van der Waals surface area contributed by atoms with Gasteiger partial charge in [-0.05, 0) is 18.7 Å². The predicted molar refractivity (Wildman–Crippen MR) is 150 cm³/mol. The SMILES string of the molecule is CCCCCCCCCCCCCCCCCCCCCCCCCCP(=O)(CC)CC. The molecule has 0 aliphatic carbocycles. The Bertz CT molecular complexity index is 384. The molecule has 0 saturated carbocycles. The van der Waals surface area contributed by atoms with Crippen LogP contribution in [0.3, 0.4) is 0 Å². The molecule has 0 spiro atoms. The van der Waals surface area contributed by atoms with E-state index in [1.54, 1.807) is 0 Å². The van der Waals surface area contributed by atoms with Gasteiger partial charge >= 0.3 is 0 Å². The summed E-state index contributed by atoms with van der Waals surface area (Å²) >= 11 is 0. The third kappa shape index (κ3) is 23.4. The van der Waals surface area contributed by atoms with E-state index in [2.05, 4.69) is 20.8 Å². The quantitative estimate of drug-likeness (QED) is 0.0861. The fourth-order valence-electron chi connectivity index (χ4n) is 4.90. The van der Waals surface area contributed by atoms with Crippen molar-refractivity contribution < 1.29 is 4.57 Å². The van der Waals surface area contributed by atoms with Gasteiger partial charge in [0, 0.05) is 6.16 Å². The van der Waals surface area contributed by atoms with Crippen molar-refractivity contribution in [2.24, 2.45) is 0 Å². The normalized spacial score (nSPS) is 12.0. The molecule has 0 aromatic carbocycles. The zero-order valence-electron chi connectivity index (χ0n) is 22.9. The molecule has 0 saturated heterocycles. The Morgan fingerprint density at radius 1 is 0.344 bits per heavy atom. The molecule has 32 heavy (non-hydrogen) atoms. The molecular formula is C30H63OP. The van der Waals surface area contributed by atoms with Crippen molar-refractivity contribution in [3.05, 3.63) is 0 Å². The van der Waals surface area contributed by atoms with Gasteiger partial charge in [-0.3, -0.25) is 0 Å². The van der Waals surface area contributed by atoms with Gasteiger partial charge in [-0.15, -0.1) is 0 Å². The van der Waals surface area contributed by atoms with E-state index in [0.717, 1.165) is 18.5 Å².